The van der Waals surface area contributed by atoms with E-state index in [4.69, 9.17) is 0 Å². The maximum Gasteiger partial charge on any atom is 0.211 e. The van der Waals surface area contributed by atoms with E-state index >= 15 is 0 Å². The molecule has 0 atom stereocenters. The van der Waals surface area contributed by atoms with E-state index in [0.29, 0.717) is 0 Å². The summed E-state index contributed by atoms with van der Waals surface area (Å²) in [6, 6.07) is 65.6. The minimum atomic E-state index is 0.0272. The molecule has 0 saturated carbocycles. The van der Waals surface area contributed by atoms with Crippen molar-refractivity contribution in [3.05, 3.63) is 192 Å². The van der Waals surface area contributed by atoms with Gasteiger partial charge in [0.25, 0.3) is 0 Å². The van der Waals surface area contributed by atoms with Gasteiger partial charge >= 0.3 is 0 Å². The quantitative estimate of drug-likeness (QED) is 0.168. The third-order valence-corrected chi connectivity index (χ3v) is 20.3. The van der Waals surface area contributed by atoms with Crippen LogP contribution >= 0.6 is 34.0 Å². The Morgan fingerprint density at radius 3 is 1.58 bits per heavy atom. The molecule has 0 fully saturated rings. The van der Waals surface area contributed by atoms with Crippen molar-refractivity contribution in [2.75, 3.05) is 10.2 Å². The Morgan fingerprint density at radius 1 is 0.392 bits per heavy atom. The fourth-order valence-electron chi connectivity index (χ4n) is 12.3. The normalized spacial score (nSPS) is 13.2. The molecule has 5 heterocycles. The second-order valence-corrected chi connectivity index (χ2v) is 29.7. The third-order valence-electron chi connectivity index (χ3n) is 16.8. The minimum absolute atomic E-state index is 0.0272. The van der Waals surface area contributed by atoms with Crippen LogP contribution in [0.4, 0.5) is 28.4 Å². The molecule has 0 saturated heterocycles. The number of hydrogen-bond donors (Lipinski definition) is 1. The van der Waals surface area contributed by atoms with Gasteiger partial charge in [-0.25, -0.2) is 0 Å². The average Bonchev–Trinajstić information content (AvgIpc) is 3.56. The van der Waals surface area contributed by atoms with Crippen molar-refractivity contribution in [3.63, 3.8) is 0 Å². The molecule has 0 radical (unpaired) electrons. The van der Waals surface area contributed by atoms with Gasteiger partial charge in [-0.15, -0.1) is 34.0 Å². The fraction of sp³-hybridized carbons (Fsp3) is 0.222. The SMILES string of the molecule is CC(C)(C)c1ccc(Nc2cc3c(cc2-c2ccc4c5cc6c(cc5n5c4c2Bc2sc4ccc(C(C)(C)C)cc4c2-5)sc2ccccc26)sc2cc(N(c4ccc(C(C)(C)C)cc4)c4ccc(C(C)(C)C)cc4)ccc23)cc1. The standard InChI is InChI=1S/C72H66BN3S3/c1-69(2,3)41-17-24-45(25-18-41)74-58-38-56-50-31-30-48(75(46-26-19-42(20-27-46)70(4,5)6)47-28-21-43(22-29-47)71(7,8)9)36-62(50)78-63(56)39-53(58)51-32-33-52-54-37-55-49-15-13-14-16-60(49)77-64(55)40-59(54)76-66(52)65(51)73-68-67(76)57-35-44(72(10,11)12)23-34-61(57)79-68/h13-40,73-74H,1-12H3. The predicted octanol–water partition coefficient (Wildman–Crippen LogP) is 20.5. The van der Waals surface area contributed by atoms with Crippen LogP contribution in [0.5, 0.6) is 0 Å². The van der Waals surface area contributed by atoms with Crippen molar-refractivity contribution < 1.29 is 0 Å². The van der Waals surface area contributed by atoms with E-state index in [-0.39, 0.29) is 21.7 Å². The van der Waals surface area contributed by atoms with E-state index < -0.39 is 0 Å². The zero-order valence-corrected chi connectivity index (χ0v) is 49.9. The molecule has 7 heteroatoms. The third kappa shape index (κ3) is 8.32. The minimum Gasteiger partial charge on any atom is -0.355 e. The molecule has 0 unspecified atom stereocenters. The van der Waals surface area contributed by atoms with Crippen molar-refractivity contribution in [2.24, 2.45) is 0 Å². The van der Waals surface area contributed by atoms with Crippen LogP contribution in [-0.4, -0.2) is 11.8 Å². The van der Waals surface area contributed by atoms with Crippen molar-refractivity contribution in [2.45, 2.75) is 105 Å². The molecule has 390 valence electrons. The van der Waals surface area contributed by atoms with Crippen LogP contribution in [0.2, 0.25) is 0 Å². The first-order valence-corrected chi connectivity index (χ1v) is 30.5. The molecule has 0 aliphatic carbocycles. The lowest BCUT2D eigenvalue weighted by Gasteiger charge is -2.28. The van der Waals surface area contributed by atoms with Gasteiger partial charge in [0, 0.05) is 101 Å². The van der Waals surface area contributed by atoms with E-state index in [9.17, 15) is 0 Å². The van der Waals surface area contributed by atoms with Gasteiger partial charge in [0.1, 0.15) is 0 Å². The number of benzene rings is 9. The highest BCUT2D eigenvalue weighted by Gasteiger charge is 2.31. The van der Waals surface area contributed by atoms with E-state index in [1.54, 1.807) is 0 Å². The van der Waals surface area contributed by atoms with Gasteiger partial charge in [-0.2, -0.15) is 0 Å². The molecular weight excluding hydrogens is 1010 g/mol. The first-order chi connectivity index (χ1) is 37.6. The van der Waals surface area contributed by atoms with E-state index in [0.717, 1.165) is 35.7 Å². The van der Waals surface area contributed by atoms with Crippen LogP contribution in [0.25, 0.3) is 89.1 Å². The van der Waals surface area contributed by atoms with E-state index in [2.05, 4.69) is 268 Å². The number of hydrogen-bond acceptors (Lipinski definition) is 5. The van der Waals surface area contributed by atoms with Crippen molar-refractivity contribution in [1.29, 1.82) is 0 Å². The van der Waals surface area contributed by atoms with E-state index in [1.807, 2.05) is 34.0 Å². The molecule has 4 aromatic heterocycles. The average molecular weight is 1080 g/mol. The number of nitrogens with zero attached hydrogens (tertiary/aromatic N) is 2. The Hall–Kier alpha value is -7.16. The molecule has 1 aliphatic rings. The fourth-order valence-corrected chi connectivity index (χ4v) is 15.8. The summed E-state index contributed by atoms with van der Waals surface area (Å²) in [5.41, 5.74) is 19.0. The molecule has 14 rings (SSSR count). The van der Waals surface area contributed by atoms with Gasteiger partial charge in [0.2, 0.25) is 7.28 Å². The lowest BCUT2D eigenvalue weighted by Crippen LogP contribution is -2.35. The highest BCUT2D eigenvalue weighted by Crippen LogP contribution is 2.48. The summed E-state index contributed by atoms with van der Waals surface area (Å²) in [6.07, 6.45) is 0. The van der Waals surface area contributed by atoms with Gasteiger partial charge in [-0.1, -0.05) is 162 Å². The molecule has 0 amide bonds. The second-order valence-electron chi connectivity index (χ2n) is 26.4. The summed E-state index contributed by atoms with van der Waals surface area (Å²) in [6.45, 7) is 27.6. The van der Waals surface area contributed by atoms with Crippen molar-refractivity contribution >= 4 is 152 Å². The zero-order valence-electron chi connectivity index (χ0n) is 47.5. The Bertz CT molecular complexity index is 4560. The summed E-state index contributed by atoms with van der Waals surface area (Å²) in [7, 11) is 0.858. The monoisotopic (exact) mass is 1080 g/mol. The molecular formula is C72H66BN3S3. The van der Waals surface area contributed by atoms with Crippen LogP contribution < -0.4 is 20.5 Å². The number of rotatable bonds is 6. The van der Waals surface area contributed by atoms with Crippen molar-refractivity contribution in [1.82, 2.24) is 4.57 Å². The molecule has 13 aromatic rings. The topological polar surface area (TPSA) is 20.2 Å². The van der Waals surface area contributed by atoms with Crippen molar-refractivity contribution in [3.8, 4) is 16.8 Å². The first-order valence-electron chi connectivity index (χ1n) is 28.0. The maximum absolute atomic E-state index is 4.05. The van der Waals surface area contributed by atoms with Gasteiger partial charge in [-0.3, -0.25) is 0 Å². The summed E-state index contributed by atoms with van der Waals surface area (Å²) in [5, 5.41) is 13.2. The smallest absolute Gasteiger partial charge is 0.211 e. The van der Waals surface area contributed by atoms with Crippen LogP contribution in [0.1, 0.15) is 105 Å². The van der Waals surface area contributed by atoms with Crippen LogP contribution in [0.15, 0.2) is 170 Å². The number of fused-ring (bicyclic) bond motifs is 13. The second kappa shape index (κ2) is 17.7. The molecule has 1 aliphatic heterocycles. The first kappa shape index (κ1) is 50.1. The van der Waals surface area contributed by atoms with Gasteiger partial charge in [-0.05, 0) is 151 Å². The maximum atomic E-state index is 4.05. The number of thiophene rings is 3. The summed E-state index contributed by atoms with van der Waals surface area (Å²) >= 11 is 5.79. The molecule has 9 aromatic carbocycles. The van der Waals surface area contributed by atoms with Gasteiger partial charge < -0.3 is 14.8 Å². The largest absolute Gasteiger partial charge is 0.355 e. The highest BCUT2D eigenvalue weighted by atomic mass is 32.1. The number of anilines is 5. The number of aromatic nitrogens is 1. The Kier molecular flexibility index (Phi) is 11.2. The summed E-state index contributed by atoms with van der Waals surface area (Å²) in [5.74, 6) is 0. The Labute approximate surface area is 477 Å². The molecule has 1 N–H and O–H groups in total. The molecule has 0 spiro atoms. The lowest BCUT2D eigenvalue weighted by atomic mass is 9.63. The van der Waals surface area contributed by atoms with Crippen LogP contribution in [-0.2, 0) is 21.7 Å². The lowest BCUT2D eigenvalue weighted by molar-refractivity contribution is 0.590. The number of nitrogens with one attached hydrogen (secondary N) is 1. The van der Waals surface area contributed by atoms with Gasteiger partial charge in [0.05, 0.1) is 11.2 Å². The Balaban J connectivity index is 0.991. The zero-order chi connectivity index (χ0) is 54.7. The predicted molar refractivity (Wildman–Crippen MR) is 353 cm³/mol. The van der Waals surface area contributed by atoms with Crippen LogP contribution in [0.3, 0.4) is 0 Å². The van der Waals surface area contributed by atoms with E-state index in [1.165, 1.54) is 122 Å². The molecule has 3 nitrogen and oxygen atoms in total. The van der Waals surface area contributed by atoms with Gasteiger partial charge in [0.15, 0.2) is 0 Å². The summed E-state index contributed by atoms with van der Waals surface area (Å²) < 4.78 is 10.7. The van der Waals surface area contributed by atoms with Crippen LogP contribution in [0, 0.1) is 0 Å². The summed E-state index contributed by atoms with van der Waals surface area (Å²) in [4.78, 5) is 2.43. The molecule has 0 bridgehead atoms. The Morgan fingerprint density at radius 2 is 0.924 bits per heavy atom. The molecule has 79 heavy (non-hydrogen) atoms. The highest BCUT2D eigenvalue weighted by molar-refractivity contribution is 7.29.